The van der Waals surface area contributed by atoms with Crippen LogP contribution in [0.15, 0.2) is 18.5 Å². The lowest BCUT2D eigenvalue weighted by atomic mass is 10.1. The highest BCUT2D eigenvalue weighted by Crippen LogP contribution is 2.25. The van der Waals surface area contributed by atoms with Gasteiger partial charge in [-0.15, -0.1) is 0 Å². The van der Waals surface area contributed by atoms with E-state index in [1.165, 1.54) is 6.42 Å². The van der Waals surface area contributed by atoms with Crippen LogP contribution in [0.5, 0.6) is 0 Å². The number of nitrogens with one attached hydrogen (secondary N) is 2. The molecule has 5 nitrogen and oxygen atoms in total. The van der Waals surface area contributed by atoms with E-state index in [1.807, 2.05) is 0 Å². The fraction of sp³-hybridized carbons (Fsp3) is 0.500. The van der Waals surface area contributed by atoms with Gasteiger partial charge in [0.1, 0.15) is 0 Å². The third kappa shape index (κ3) is 2.74. The van der Waals surface area contributed by atoms with Gasteiger partial charge in [-0.3, -0.25) is 15.6 Å². The smallest absolute Gasteiger partial charge is 0.253 e. The van der Waals surface area contributed by atoms with Gasteiger partial charge in [-0.2, -0.15) is 0 Å². The van der Waals surface area contributed by atoms with Crippen molar-refractivity contribution >= 4 is 11.6 Å². The van der Waals surface area contributed by atoms with E-state index in [1.54, 1.807) is 18.5 Å². The number of hydrazine groups is 1. The Labute approximate surface area is 101 Å². The molecule has 2 rings (SSSR count). The van der Waals surface area contributed by atoms with Crippen LogP contribution in [0.1, 0.15) is 36.5 Å². The van der Waals surface area contributed by atoms with Crippen molar-refractivity contribution in [1.82, 2.24) is 10.3 Å². The number of aromatic nitrogens is 1. The summed E-state index contributed by atoms with van der Waals surface area (Å²) in [6.07, 6.45) is 6.44. The van der Waals surface area contributed by atoms with Gasteiger partial charge in [-0.1, -0.05) is 6.92 Å². The number of rotatable bonds is 3. The summed E-state index contributed by atoms with van der Waals surface area (Å²) >= 11 is 0. The molecule has 0 aromatic carbocycles. The van der Waals surface area contributed by atoms with Crippen molar-refractivity contribution in [3.8, 4) is 0 Å². The number of carbonyl (C=O) groups excluding carboxylic acids is 1. The number of nitrogen functional groups attached to an aromatic ring is 1. The molecule has 1 aromatic rings. The van der Waals surface area contributed by atoms with Crippen LogP contribution in [0.4, 0.5) is 5.69 Å². The predicted octanol–water partition coefficient (Wildman–Crippen LogP) is 1.29. The zero-order valence-corrected chi connectivity index (χ0v) is 9.94. The van der Waals surface area contributed by atoms with Crippen LogP contribution in [0.3, 0.4) is 0 Å². The van der Waals surface area contributed by atoms with Crippen LogP contribution in [0.2, 0.25) is 0 Å². The van der Waals surface area contributed by atoms with Gasteiger partial charge in [-0.05, 0) is 31.2 Å². The molecule has 1 aliphatic carbocycles. The second kappa shape index (κ2) is 5.14. The Balaban J connectivity index is 2.04. The van der Waals surface area contributed by atoms with Crippen molar-refractivity contribution in [2.45, 2.75) is 32.2 Å². The molecule has 2 unspecified atom stereocenters. The lowest BCUT2D eigenvalue weighted by molar-refractivity contribution is 0.0938. The summed E-state index contributed by atoms with van der Waals surface area (Å²) in [5.74, 6) is 5.96. The van der Waals surface area contributed by atoms with Gasteiger partial charge in [0.15, 0.2) is 0 Å². The second-order valence-corrected chi connectivity index (χ2v) is 4.65. The maximum absolute atomic E-state index is 12.1. The van der Waals surface area contributed by atoms with Crippen LogP contribution >= 0.6 is 0 Å². The highest BCUT2D eigenvalue weighted by atomic mass is 16.1. The number of hydrogen-bond acceptors (Lipinski definition) is 4. The Bertz CT molecular complexity index is 407. The highest BCUT2D eigenvalue weighted by molar-refractivity contribution is 5.99. The Kier molecular flexibility index (Phi) is 3.58. The lowest BCUT2D eigenvalue weighted by Gasteiger charge is -2.14. The monoisotopic (exact) mass is 234 g/mol. The normalized spacial score (nSPS) is 23.4. The van der Waals surface area contributed by atoms with Crippen LogP contribution < -0.4 is 16.6 Å². The zero-order chi connectivity index (χ0) is 12.3. The third-order valence-electron chi connectivity index (χ3n) is 3.25. The maximum Gasteiger partial charge on any atom is 0.253 e. The summed E-state index contributed by atoms with van der Waals surface area (Å²) in [5.41, 5.74) is 3.58. The molecule has 0 aliphatic heterocycles. The average Bonchev–Trinajstić information content (AvgIpc) is 2.74. The first-order chi connectivity index (χ1) is 8.20. The highest BCUT2D eigenvalue weighted by Gasteiger charge is 2.23. The van der Waals surface area contributed by atoms with Crippen LogP contribution in [-0.2, 0) is 0 Å². The fourth-order valence-corrected chi connectivity index (χ4v) is 2.31. The third-order valence-corrected chi connectivity index (χ3v) is 3.25. The van der Waals surface area contributed by atoms with Gasteiger partial charge in [-0.25, -0.2) is 0 Å². The summed E-state index contributed by atoms with van der Waals surface area (Å²) in [6.45, 7) is 2.21. The van der Waals surface area contributed by atoms with E-state index in [2.05, 4.69) is 22.7 Å². The first kappa shape index (κ1) is 11.9. The number of pyridine rings is 1. The lowest BCUT2D eigenvalue weighted by Crippen LogP contribution is -2.33. The van der Waals surface area contributed by atoms with Crippen LogP contribution in [-0.4, -0.2) is 16.9 Å². The number of anilines is 1. The molecule has 2 atom stereocenters. The quantitative estimate of drug-likeness (QED) is 0.544. The molecule has 1 aliphatic rings. The predicted molar refractivity (Wildman–Crippen MR) is 66.3 cm³/mol. The molecular weight excluding hydrogens is 216 g/mol. The van der Waals surface area contributed by atoms with Crippen molar-refractivity contribution in [2.75, 3.05) is 5.43 Å². The molecule has 1 saturated carbocycles. The second-order valence-electron chi connectivity index (χ2n) is 4.65. The standard InChI is InChI=1S/C12H18N4O/c1-8-2-3-9(6-8)15-12(17)10-4-5-14-7-11(10)16-13/h4-5,7-9,16H,2-3,6,13H2,1H3,(H,15,17). The fourth-order valence-electron chi connectivity index (χ4n) is 2.31. The van der Waals surface area contributed by atoms with Crippen molar-refractivity contribution < 1.29 is 4.79 Å². The molecule has 5 heteroatoms. The molecule has 17 heavy (non-hydrogen) atoms. The molecule has 4 N–H and O–H groups in total. The largest absolute Gasteiger partial charge is 0.349 e. The Morgan fingerprint density at radius 3 is 3.00 bits per heavy atom. The van der Waals surface area contributed by atoms with Gasteiger partial charge in [0, 0.05) is 12.2 Å². The molecule has 1 aromatic heterocycles. The van der Waals surface area contributed by atoms with E-state index in [0.717, 1.165) is 12.8 Å². The van der Waals surface area contributed by atoms with E-state index in [9.17, 15) is 4.79 Å². The molecule has 0 bridgehead atoms. The van der Waals surface area contributed by atoms with Crippen molar-refractivity contribution in [3.05, 3.63) is 24.0 Å². The number of nitrogens with zero attached hydrogens (tertiary/aromatic N) is 1. The minimum atomic E-state index is -0.0838. The summed E-state index contributed by atoms with van der Waals surface area (Å²) in [6, 6.07) is 1.96. The minimum Gasteiger partial charge on any atom is -0.349 e. The van der Waals surface area contributed by atoms with E-state index in [4.69, 9.17) is 5.84 Å². The molecule has 0 saturated heterocycles. The van der Waals surface area contributed by atoms with E-state index >= 15 is 0 Å². The van der Waals surface area contributed by atoms with Crippen molar-refractivity contribution in [3.63, 3.8) is 0 Å². The minimum absolute atomic E-state index is 0.0838. The van der Waals surface area contributed by atoms with Crippen LogP contribution in [0.25, 0.3) is 0 Å². The summed E-state index contributed by atoms with van der Waals surface area (Å²) in [7, 11) is 0. The Hall–Kier alpha value is -1.62. The van der Waals surface area contributed by atoms with Gasteiger partial charge < -0.3 is 10.7 Å². The molecular formula is C12H18N4O. The number of hydrogen-bond donors (Lipinski definition) is 3. The molecule has 0 spiro atoms. The van der Waals surface area contributed by atoms with E-state index in [-0.39, 0.29) is 11.9 Å². The number of carbonyl (C=O) groups is 1. The maximum atomic E-state index is 12.1. The summed E-state index contributed by atoms with van der Waals surface area (Å²) in [5, 5.41) is 3.04. The molecule has 1 amide bonds. The van der Waals surface area contributed by atoms with Gasteiger partial charge >= 0.3 is 0 Å². The molecule has 92 valence electrons. The summed E-state index contributed by atoms with van der Waals surface area (Å²) in [4.78, 5) is 16.0. The number of amides is 1. The first-order valence-electron chi connectivity index (χ1n) is 5.92. The van der Waals surface area contributed by atoms with Crippen molar-refractivity contribution in [2.24, 2.45) is 11.8 Å². The Morgan fingerprint density at radius 2 is 2.35 bits per heavy atom. The van der Waals surface area contributed by atoms with Gasteiger partial charge in [0.2, 0.25) is 0 Å². The SMILES string of the molecule is CC1CCC(NC(=O)c2ccncc2NN)C1. The van der Waals surface area contributed by atoms with E-state index < -0.39 is 0 Å². The zero-order valence-electron chi connectivity index (χ0n) is 9.94. The molecule has 1 heterocycles. The van der Waals surface area contributed by atoms with E-state index in [0.29, 0.717) is 17.2 Å². The summed E-state index contributed by atoms with van der Waals surface area (Å²) < 4.78 is 0. The van der Waals surface area contributed by atoms with Crippen molar-refractivity contribution in [1.29, 1.82) is 0 Å². The molecule has 1 fully saturated rings. The Morgan fingerprint density at radius 1 is 1.53 bits per heavy atom. The first-order valence-corrected chi connectivity index (χ1v) is 5.92. The average molecular weight is 234 g/mol. The van der Waals surface area contributed by atoms with Gasteiger partial charge in [0.05, 0.1) is 17.4 Å². The topological polar surface area (TPSA) is 80.0 Å². The van der Waals surface area contributed by atoms with Crippen LogP contribution in [0, 0.1) is 5.92 Å². The van der Waals surface area contributed by atoms with Gasteiger partial charge in [0.25, 0.3) is 5.91 Å². The number of nitrogens with two attached hydrogens (primary N) is 1. The molecule has 0 radical (unpaired) electrons.